The Bertz CT molecular complexity index is 1650. The van der Waals surface area contributed by atoms with E-state index >= 15 is 0 Å². The van der Waals surface area contributed by atoms with Gasteiger partial charge in [0.25, 0.3) is 5.91 Å². The van der Waals surface area contributed by atoms with Crippen LogP contribution in [0.1, 0.15) is 35.2 Å². The van der Waals surface area contributed by atoms with Crippen LogP contribution in [0.3, 0.4) is 0 Å². The van der Waals surface area contributed by atoms with Crippen LogP contribution < -0.4 is 10.6 Å². The Hall–Kier alpha value is -3.67. The van der Waals surface area contributed by atoms with Crippen molar-refractivity contribution in [1.82, 2.24) is 14.9 Å². The fourth-order valence-electron chi connectivity index (χ4n) is 6.27. The van der Waals surface area contributed by atoms with Gasteiger partial charge in [0, 0.05) is 60.0 Å². The second kappa shape index (κ2) is 9.71. The molecule has 4 aliphatic rings. The van der Waals surface area contributed by atoms with Crippen LogP contribution in [0.2, 0.25) is 5.02 Å². The van der Waals surface area contributed by atoms with Crippen molar-refractivity contribution in [3.05, 3.63) is 80.7 Å². The molecule has 2 aromatic heterocycles. The number of pyridine rings is 2. The zero-order valence-electron chi connectivity index (χ0n) is 21.7. The maximum absolute atomic E-state index is 13.8. The highest BCUT2D eigenvalue weighted by atomic mass is 79.9. The first-order chi connectivity index (χ1) is 19.8. The normalized spacial score (nSPS) is 22.1. The van der Waals surface area contributed by atoms with E-state index in [1.54, 1.807) is 24.5 Å². The van der Waals surface area contributed by atoms with E-state index in [4.69, 9.17) is 21.3 Å². The number of halogens is 2. The molecule has 2 spiro atoms. The molecule has 0 unspecified atom stereocenters. The van der Waals surface area contributed by atoms with Gasteiger partial charge in [0.1, 0.15) is 23.7 Å². The molecule has 3 amide bonds. The lowest BCUT2D eigenvalue weighted by Crippen LogP contribution is -2.48. The average Bonchev–Trinajstić information content (AvgIpc) is 3.55. The number of aliphatic imine (C=N–C) groups is 1. The number of nitrogens with one attached hydrogen (secondary N) is 2. The van der Waals surface area contributed by atoms with E-state index < -0.39 is 16.9 Å². The third-order valence-corrected chi connectivity index (χ3v) is 9.30. The number of rotatable bonds is 4. The van der Waals surface area contributed by atoms with Gasteiger partial charge in [-0.3, -0.25) is 29.3 Å². The van der Waals surface area contributed by atoms with Crippen molar-refractivity contribution in [2.45, 2.75) is 36.6 Å². The number of carbonyl (C=O) groups is 3. The third-order valence-electron chi connectivity index (χ3n) is 8.32. The minimum atomic E-state index is -0.983. The van der Waals surface area contributed by atoms with Gasteiger partial charge in [0.05, 0.1) is 22.3 Å². The standard InChI is InChI=1S/C29H24BrClN6O4/c30-19-4-1-5-20(31)23(19)25-36-29(6-9-41-10-7-29)27(40)37(25)15-22(38)34-17-11-16-12-28(13-21(16)33-14-17)18-3-2-8-32-24(18)35-26(28)39/h1-5,8,11,14H,6-7,9-10,12-13,15H2,(H,34,38)(H,32,35,39)/t28-/m0/s1. The summed E-state index contributed by atoms with van der Waals surface area (Å²) in [5.41, 5.74) is 1.87. The van der Waals surface area contributed by atoms with Crippen LogP contribution >= 0.6 is 27.5 Å². The van der Waals surface area contributed by atoms with Crippen molar-refractivity contribution in [2.75, 3.05) is 30.4 Å². The molecular weight excluding hydrogens is 612 g/mol. The van der Waals surface area contributed by atoms with Crippen LogP contribution in [-0.2, 0) is 37.4 Å². The Labute approximate surface area is 248 Å². The first kappa shape index (κ1) is 26.2. The van der Waals surface area contributed by atoms with Gasteiger partial charge in [-0.15, -0.1) is 0 Å². The molecule has 208 valence electrons. The summed E-state index contributed by atoms with van der Waals surface area (Å²) in [4.78, 5) is 55.3. The molecule has 1 atom stereocenters. The number of benzene rings is 1. The first-order valence-electron chi connectivity index (χ1n) is 13.3. The van der Waals surface area contributed by atoms with Crippen molar-refractivity contribution in [2.24, 2.45) is 4.99 Å². The zero-order valence-corrected chi connectivity index (χ0v) is 24.1. The minimum Gasteiger partial charge on any atom is -0.381 e. The first-order valence-corrected chi connectivity index (χ1v) is 14.5. The van der Waals surface area contributed by atoms with Gasteiger partial charge >= 0.3 is 0 Å². The molecule has 1 fully saturated rings. The second-order valence-electron chi connectivity index (χ2n) is 10.7. The Morgan fingerprint density at radius 1 is 1.15 bits per heavy atom. The summed E-state index contributed by atoms with van der Waals surface area (Å²) in [7, 11) is 0. The molecule has 1 aliphatic carbocycles. The number of amidine groups is 1. The van der Waals surface area contributed by atoms with E-state index in [1.807, 2.05) is 24.3 Å². The highest BCUT2D eigenvalue weighted by Crippen LogP contribution is 2.46. The number of nitrogens with zero attached hydrogens (tertiary/aromatic N) is 4. The molecule has 0 radical (unpaired) electrons. The topological polar surface area (TPSA) is 126 Å². The molecule has 10 nitrogen and oxygen atoms in total. The summed E-state index contributed by atoms with van der Waals surface area (Å²) >= 11 is 10.1. The van der Waals surface area contributed by atoms with E-state index in [0.29, 0.717) is 71.3 Å². The minimum absolute atomic E-state index is 0.0954. The molecule has 1 aromatic carbocycles. The fourth-order valence-corrected chi connectivity index (χ4v) is 7.19. The van der Waals surface area contributed by atoms with E-state index in [1.165, 1.54) is 4.90 Å². The van der Waals surface area contributed by atoms with Crippen LogP contribution in [0, 0.1) is 0 Å². The molecule has 0 bridgehead atoms. The lowest BCUT2D eigenvalue weighted by molar-refractivity contribution is -0.136. The van der Waals surface area contributed by atoms with Gasteiger partial charge in [-0.1, -0.05) is 23.7 Å². The molecule has 5 heterocycles. The molecule has 12 heteroatoms. The maximum atomic E-state index is 13.8. The number of hydrogen-bond donors (Lipinski definition) is 2. The summed E-state index contributed by atoms with van der Waals surface area (Å²) < 4.78 is 6.17. The van der Waals surface area contributed by atoms with E-state index in [2.05, 4.69) is 36.5 Å². The van der Waals surface area contributed by atoms with Gasteiger partial charge in [-0.2, -0.15) is 0 Å². The Kier molecular flexibility index (Phi) is 6.22. The molecule has 41 heavy (non-hydrogen) atoms. The summed E-state index contributed by atoms with van der Waals surface area (Å²) in [5.74, 6) is 0.200. The van der Waals surface area contributed by atoms with Crippen LogP contribution in [0.4, 0.5) is 11.5 Å². The van der Waals surface area contributed by atoms with Gasteiger partial charge in [-0.25, -0.2) is 4.98 Å². The van der Waals surface area contributed by atoms with Crippen LogP contribution in [0.15, 0.2) is 58.3 Å². The average molecular weight is 636 g/mol. The van der Waals surface area contributed by atoms with Crippen molar-refractivity contribution in [3.63, 3.8) is 0 Å². The molecule has 2 N–H and O–H groups in total. The quantitative estimate of drug-likeness (QED) is 0.451. The van der Waals surface area contributed by atoms with E-state index in [0.717, 1.165) is 16.8 Å². The fraction of sp³-hybridized carbons (Fsp3) is 0.310. The van der Waals surface area contributed by atoms with Gasteiger partial charge < -0.3 is 15.4 Å². The number of aromatic nitrogens is 2. The summed E-state index contributed by atoms with van der Waals surface area (Å²) in [6.45, 7) is 0.570. The van der Waals surface area contributed by atoms with Crippen LogP contribution in [0.25, 0.3) is 0 Å². The van der Waals surface area contributed by atoms with Crippen LogP contribution in [-0.4, -0.2) is 63.7 Å². The number of hydrogen-bond acceptors (Lipinski definition) is 7. The highest BCUT2D eigenvalue weighted by Gasteiger charge is 2.52. The molecular formula is C29H24BrClN6O4. The van der Waals surface area contributed by atoms with Crippen molar-refractivity contribution in [3.8, 4) is 0 Å². The molecule has 7 rings (SSSR count). The predicted molar refractivity (Wildman–Crippen MR) is 155 cm³/mol. The Balaban J connectivity index is 1.13. The maximum Gasteiger partial charge on any atom is 0.256 e. The number of carbonyl (C=O) groups excluding carboxylic acids is 3. The van der Waals surface area contributed by atoms with E-state index in [-0.39, 0.29) is 18.4 Å². The van der Waals surface area contributed by atoms with Crippen molar-refractivity contribution >= 4 is 62.6 Å². The number of fused-ring (bicyclic) bond motifs is 3. The zero-order chi connectivity index (χ0) is 28.4. The van der Waals surface area contributed by atoms with Gasteiger partial charge in [0.2, 0.25) is 11.8 Å². The predicted octanol–water partition coefficient (Wildman–Crippen LogP) is 3.66. The smallest absolute Gasteiger partial charge is 0.256 e. The lowest BCUT2D eigenvalue weighted by atomic mass is 9.80. The van der Waals surface area contributed by atoms with Gasteiger partial charge in [0.15, 0.2) is 0 Å². The Morgan fingerprint density at radius 3 is 2.78 bits per heavy atom. The Morgan fingerprint density at radius 2 is 1.98 bits per heavy atom. The number of ether oxygens (including phenoxy) is 1. The number of amides is 3. The summed E-state index contributed by atoms with van der Waals surface area (Å²) in [6, 6.07) is 10.9. The molecule has 3 aromatic rings. The molecule has 3 aliphatic heterocycles. The summed E-state index contributed by atoms with van der Waals surface area (Å²) in [5, 5.41) is 6.20. The largest absolute Gasteiger partial charge is 0.381 e. The van der Waals surface area contributed by atoms with Crippen molar-refractivity contribution in [1.29, 1.82) is 0 Å². The SMILES string of the molecule is O=C(CN1C(=O)C2(CCOCC2)N=C1c1c(Cl)cccc1Br)Nc1cnc2c(c1)C[C@@]1(C2)C(=O)Nc2ncccc21. The molecule has 0 saturated carbocycles. The van der Waals surface area contributed by atoms with Gasteiger partial charge in [-0.05, 0) is 52.2 Å². The monoisotopic (exact) mass is 634 g/mol. The van der Waals surface area contributed by atoms with Crippen LogP contribution in [0.5, 0.6) is 0 Å². The third kappa shape index (κ3) is 4.17. The lowest BCUT2D eigenvalue weighted by Gasteiger charge is -2.29. The van der Waals surface area contributed by atoms with Crippen molar-refractivity contribution < 1.29 is 19.1 Å². The number of anilines is 2. The highest BCUT2D eigenvalue weighted by molar-refractivity contribution is 9.10. The van der Waals surface area contributed by atoms with E-state index in [9.17, 15) is 14.4 Å². The summed E-state index contributed by atoms with van der Waals surface area (Å²) in [6.07, 6.45) is 5.01. The second-order valence-corrected chi connectivity index (χ2v) is 12.0. The molecule has 1 saturated heterocycles.